The zero-order chi connectivity index (χ0) is 26.3. The third-order valence-corrected chi connectivity index (χ3v) is 5.39. The summed E-state index contributed by atoms with van der Waals surface area (Å²) < 4.78 is 41.2. The number of hydrogen-bond donors (Lipinski definition) is 2. The van der Waals surface area contributed by atoms with Crippen LogP contribution in [0.15, 0.2) is 117 Å². The van der Waals surface area contributed by atoms with Crippen molar-refractivity contribution in [2.45, 2.75) is 18.3 Å². The summed E-state index contributed by atoms with van der Waals surface area (Å²) in [5, 5.41) is 31.1. The third kappa shape index (κ3) is 6.74. The van der Waals surface area contributed by atoms with Gasteiger partial charge in [-0.15, -0.1) is 12.8 Å². The van der Waals surface area contributed by atoms with Crippen LogP contribution in [0.4, 0.5) is 13.2 Å². The first-order valence-corrected chi connectivity index (χ1v) is 11.2. The maximum atomic E-state index is 13.7. The molecule has 0 saturated heterocycles. The minimum absolute atomic E-state index is 0. The van der Waals surface area contributed by atoms with Gasteiger partial charge in [0, 0.05) is 18.0 Å². The average molecular weight is 561 g/mol. The van der Waals surface area contributed by atoms with Crippen molar-refractivity contribution in [1.82, 2.24) is 10.4 Å². The maximum absolute atomic E-state index is 13.7. The van der Waals surface area contributed by atoms with Gasteiger partial charge in [-0.1, -0.05) is 54.6 Å². The van der Waals surface area contributed by atoms with E-state index in [0.717, 1.165) is 11.8 Å². The van der Waals surface area contributed by atoms with Crippen LogP contribution >= 0.6 is 0 Å². The van der Waals surface area contributed by atoms with Crippen LogP contribution in [0.25, 0.3) is 0 Å². The van der Waals surface area contributed by atoms with Gasteiger partial charge in [-0.3, -0.25) is 5.43 Å². The van der Waals surface area contributed by atoms with Gasteiger partial charge in [0.15, 0.2) is 5.84 Å². The van der Waals surface area contributed by atoms with E-state index in [0.29, 0.717) is 5.56 Å². The molecule has 196 valence electrons. The fraction of sp³-hybridized carbons (Fsp3) is 0.111. The van der Waals surface area contributed by atoms with Crippen LogP contribution in [-0.4, -0.2) is 39.8 Å². The molecule has 0 amide bonds. The second-order valence-electron chi connectivity index (χ2n) is 7.99. The molecule has 0 fully saturated rings. The van der Waals surface area contributed by atoms with Gasteiger partial charge in [0.2, 0.25) is 0 Å². The summed E-state index contributed by atoms with van der Waals surface area (Å²) in [7, 11) is 0. The predicted octanol–water partition coefficient (Wildman–Crippen LogP) is 3.64. The van der Waals surface area contributed by atoms with Gasteiger partial charge in [0.1, 0.15) is 0 Å². The molecule has 2 N–H and O–H groups in total. The van der Waals surface area contributed by atoms with Crippen molar-refractivity contribution in [1.29, 1.82) is 0 Å². The molecule has 7 nitrogen and oxygen atoms in total. The van der Waals surface area contributed by atoms with E-state index in [9.17, 15) is 23.4 Å². The first-order chi connectivity index (χ1) is 17.8. The quantitative estimate of drug-likeness (QED) is 0.254. The molecule has 2 aliphatic carbocycles. The Morgan fingerprint density at radius 3 is 2.42 bits per heavy atom. The second-order valence-corrected chi connectivity index (χ2v) is 7.99. The smallest absolute Gasteiger partial charge is 0.858 e. The van der Waals surface area contributed by atoms with Crippen LogP contribution in [-0.2, 0) is 17.1 Å². The molecule has 4 aliphatic rings. The van der Waals surface area contributed by atoms with Crippen molar-refractivity contribution in [2.75, 3.05) is 0 Å². The number of nitrogens with one attached hydrogen (secondary N) is 1. The molecule has 1 aromatic rings. The van der Waals surface area contributed by atoms with Crippen molar-refractivity contribution in [3.8, 4) is 0 Å². The molecule has 2 radical (unpaired) electrons. The van der Waals surface area contributed by atoms with E-state index in [1.165, 1.54) is 12.2 Å². The van der Waals surface area contributed by atoms with E-state index in [1.54, 1.807) is 36.5 Å². The third-order valence-electron chi connectivity index (χ3n) is 5.39. The van der Waals surface area contributed by atoms with E-state index < -0.39 is 24.2 Å². The van der Waals surface area contributed by atoms with Crippen LogP contribution in [0.5, 0.6) is 0 Å². The summed E-state index contributed by atoms with van der Waals surface area (Å²) in [5.41, 5.74) is 0.282. The molecule has 1 aromatic carbocycles. The SMILES string of the molecule is [CH]1[CH][CH-]C=C1.[Fe+2].[O-]/C(=C1C=C/C(=N\NC=C2C=CC=C2)N=C\1)N1N=C(c2ccccc2)CC1(O)C(F)(F)F. The van der Waals surface area contributed by atoms with Crippen molar-refractivity contribution in [3.63, 3.8) is 0 Å². The zero-order valence-electron chi connectivity index (χ0n) is 19.7. The molecule has 2 aliphatic heterocycles. The van der Waals surface area contributed by atoms with E-state index in [1.807, 2.05) is 55.7 Å². The number of amidine groups is 1. The van der Waals surface area contributed by atoms with Crippen LogP contribution in [0, 0.1) is 19.3 Å². The summed E-state index contributed by atoms with van der Waals surface area (Å²) in [5.74, 6) is -0.920. The summed E-state index contributed by atoms with van der Waals surface area (Å²) in [6.07, 6.45) is 16.8. The molecule has 1 unspecified atom stereocenters. The van der Waals surface area contributed by atoms with Gasteiger partial charge in [-0.2, -0.15) is 23.4 Å². The monoisotopic (exact) mass is 561 g/mol. The number of hydrogen-bond acceptors (Lipinski definition) is 6. The van der Waals surface area contributed by atoms with Crippen LogP contribution in [0.3, 0.4) is 0 Å². The van der Waals surface area contributed by atoms with Crippen LogP contribution in [0.2, 0.25) is 0 Å². The Labute approximate surface area is 229 Å². The second kappa shape index (κ2) is 12.6. The van der Waals surface area contributed by atoms with E-state index in [4.69, 9.17) is 0 Å². The summed E-state index contributed by atoms with van der Waals surface area (Å²) in [4.78, 5) is 3.97. The first kappa shape index (κ1) is 28.8. The average Bonchev–Trinajstić information content (AvgIpc) is 3.68. The summed E-state index contributed by atoms with van der Waals surface area (Å²) in [6.45, 7) is 0. The Morgan fingerprint density at radius 2 is 1.87 bits per heavy atom. The van der Waals surface area contributed by atoms with Crippen LogP contribution in [0.1, 0.15) is 12.0 Å². The van der Waals surface area contributed by atoms with Gasteiger partial charge >= 0.3 is 23.2 Å². The van der Waals surface area contributed by atoms with Crippen molar-refractivity contribution in [2.24, 2.45) is 15.2 Å². The van der Waals surface area contributed by atoms with E-state index in [2.05, 4.69) is 20.6 Å². The molecule has 38 heavy (non-hydrogen) atoms. The van der Waals surface area contributed by atoms with Gasteiger partial charge < -0.3 is 10.2 Å². The molecule has 0 aromatic heterocycles. The fourth-order valence-corrected chi connectivity index (χ4v) is 3.45. The van der Waals surface area contributed by atoms with Gasteiger partial charge in [-0.05, 0) is 29.2 Å². The molecule has 5 rings (SSSR count). The number of allylic oxidation sites excluding steroid dienone is 9. The minimum atomic E-state index is -5.12. The number of benzene rings is 1. The molecular formula is C27H22F3FeN5O2. The van der Waals surface area contributed by atoms with Gasteiger partial charge in [-0.25, -0.2) is 28.6 Å². The topological polar surface area (TPSA) is 95.6 Å². The predicted molar refractivity (Wildman–Crippen MR) is 134 cm³/mol. The Bertz CT molecular complexity index is 1240. The molecule has 0 bridgehead atoms. The molecule has 0 spiro atoms. The number of rotatable bonds is 4. The number of alkyl halides is 3. The number of nitrogens with zero attached hydrogens (tertiary/aromatic N) is 4. The number of hydrazone groups is 2. The first-order valence-electron chi connectivity index (χ1n) is 11.2. The molecule has 1 atom stereocenters. The summed E-state index contributed by atoms with van der Waals surface area (Å²) in [6, 6.07) is 8.07. The van der Waals surface area contributed by atoms with Crippen LogP contribution < -0.4 is 10.5 Å². The zero-order valence-corrected chi connectivity index (χ0v) is 20.8. The Morgan fingerprint density at radius 1 is 1.13 bits per heavy atom. The van der Waals surface area contributed by atoms with Crippen molar-refractivity contribution < 1.29 is 40.5 Å². The van der Waals surface area contributed by atoms with Gasteiger partial charge in [0.25, 0.3) is 5.72 Å². The number of aliphatic imine (C=N–C) groups is 1. The van der Waals surface area contributed by atoms with Gasteiger partial charge in [0.05, 0.1) is 12.1 Å². The van der Waals surface area contributed by atoms with E-state index in [-0.39, 0.29) is 39.2 Å². The van der Waals surface area contributed by atoms with Crippen molar-refractivity contribution in [3.05, 3.63) is 127 Å². The Hall–Kier alpha value is -3.79. The standard InChI is InChI=1S/C22H18F3N5O2.C5H5.Fe/c23-22(24,25)21(32)12-18(16-8-2-1-3-9-16)29-30(21)20(31)17-10-11-19(26-14-17)28-27-13-15-6-4-5-7-15;1-2-4-5-3-1;/h1-11,13-14,27,31-32H,12H2;1-5H;/q;-1;+2/p-1/b20-17+,28-19+;;. The fourth-order valence-electron chi connectivity index (χ4n) is 3.45. The minimum Gasteiger partial charge on any atom is -0.858 e. The Balaban J connectivity index is 0.000000598. The largest absolute Gasteiger partial charge is 2.00 e. The molecular weight excluding hydrogens is 539 g/mol. The summed E-state index contributed by atoms with van der Waals surface area (Å²) >= 11 is 0. The number of dihydropyridines is 1. The molecule has 11 heteroatoms. The molecule has 2 heterocycles. The number of aliphatic hydroxyl groups is 1. The Kier molecular flexibility index (Phi) is 9.57. The van der Waals surface area contributed by atoms with Crippen molar-refractivity contribution >= 4 is 17.8 Å². The normalized spacial score (nSPS) is 23.6. The van der Waals surface area contributed by atoms with E-state index >= 15 is 0 Å². The molecule has 0 saturated carbocycles. The maximum Gasteiger partial charge on any atom is 2.00 e. The number of halogens is 3.